The zero-order valence-electron chi connectivity index (χ0n) is 28.3. The molecule has 1 saturated heterocycles. The molecule has 4 nitrogen and oxygen atoms in total. The van der Waals surface area contributed by atoms with Crippen LogP contribution in [0.15, 0.2) is 66.7 Å². The monoisotopic (exact) mass is 663 g/mol. The lowest BCUT2D eigenvalue weighted by Gasteiger charge is -2.32. The second-order valence-electron chi connectivity index (χ2n) is 14.1. The Morgan fingerprint density at radius 2 is 1.52 bits per heavy atom. The molecule has 2 heterocycles. The lowest BCUT2D eigenvalue weighted by atomic mass is 9.91. The molecular weight excluding hydrogens is 614 g/mol. The van der Waals surface area contributed by atoms with Gasteiger partial charge in [-0.15, -0.1) is 0 Å². The number of hydrogen-bond donors (Lipinski definition) is 1. The number of nitrogens with one attached hydrogen (secondary N) is 1. The van der Waals surface area contributed by atoms with Crippen molar-refractivity contribution in [3.8, 4) is 0 Å². The van der Waals surface area contributed by atoms with Gasteiger partial charge >= 0.3 is 0 Å². The fourth-order valence-electron chi connectivity index (χ4n) is 7.59. The van der Waals surface area contributed by atoms with E-state index in [1.807, 2.05) is 18.2 Å². The van der Waals surface area contributed by atoms with Crippen molar-refractivity contribution in [2.45, 2.75) is 96.1 Å². The Balaban J connectivity index is 0.00000468. The smallest absolute Gasteiger partial charge is 0.273 e. The van der Waals surface area contributed by atoms with Gasteiger partial charge in [0.15, 0.2) is 0 Å². The van der Waals surface area contributed by atoms with E-state index < -0.39 is 11.8 Å². The summed E-state index contributed by atoms with van der Waals surface area (Å²) in [5.74, 6) is -5.09. The normalized spacial score (nSPS) is 18.1. The zero-order valence-corrected chi connectivity index (χ0v) is 28.3. The molecule has 4 aromatic rings. The predicted molar refractivity (Wildman–Crippen MR) is 186 cm³/mol. The number of likely N-dealkylation sites (tertiary alicyclic amines) is 1. The molecule has 1 fully saturated rings. The van der Waals surface area contributed by atoms with Crippen molar-refractivity contribution in [1.82, 2.24) is 14.8 Å². The standard InChI is InChI=1S/C40H47F4N3O.H2/c1-4-40(43,44)32-16-9-29(10-17-32)26-47-23-21-33(22-24-47)45-38(48)30-13-20-37-35(25-30)34-18-11-28(12-19-36(34)46(37)3)6-5-27-7-14-31(15-8-27)39(2,41)42;/h7-10,13-17,20,25,28,33H,4-6,11-12,18-19,21-24,26H2,1-3H3,(H,45,48);1H. The first-order chi connectivity index (χ1) is 22.9. The number of aromatic nitrogens is 1. The lowest BCUT2D eigenvalue weighted by Crippen LogP contribution is -2.44. The van der Waals surface area contributed by atoms with Crippen LogP contribution in [-0.2, 0) is 44.7 Å². The van der Waals surface area contributed by atoms with Crippen molar-refractivity contribution in [1.29, 1.82) is 0 Å². The summed E-state index contributed by atoms with van der Waals surface area (Å²) in [6.45, 7) is 4.81. The number of alkyl halides is 4. The molecule has 3 aromatic carbocycles. The molecule has 1 atom stereocenters. The molecule has 2 aliphatic rings. The van der Waals surface area contributed by atoms with Gasteiger partial charge in [-0.3, -0.25) is 9.69 Å². The fourth-order valence-corrected chi connectivity index (χ4v) is 7.59. The van der Waals surface area contributed by atoms with E-state index in [2.05, 4.69) is 34.0 Å². The van der Waals surface area contributed by atoms with E-state index in [1.54, 1.807) is 24.3 Å². The molecule has 1 aliphatic carbocycles. The average molecular weight is 664 g/mol. The highest BCUT2D eigenvalue weighted by Gasteiger charge is 2.29. The van der Waals surface area contributed by atoms with Gasteiger partial charge in [-0.25, -0.2) is 17.6 Å². The summed E-state index contributed by atoms with van der Waals surface area (Å²) in [5, 5.41) is 4.43. The molecule has 8 heteroatoms. The average Bonchev–Trinajstić information content (AvgIpc) is 3.19. The summed E-state index contributed by atoms with van der Waals surface area (Å²) in [4.78, 5) is 15.7. The minimum absolute atomic E-state index is 0. The molecule has 0 radical (unpaired) electrons. The Morgan fingerprint density at radius 1 is 0.875 bits per heavy atom. The Hall–Kier alpha value is -3.65. The summed E-state index contributed by atoms with van der Waals surface area (Å²) in [6.07, 6.45) is 7.51. The molecule has 258 valence electrons. The van der Waals surface area contributed by atoms with Gasteiger partial charge in [-0.05, 0) is 92.2 Å². The van der Waals surface area contributed by atoms with Crippen LogP contribution in [0.25, 0.3) is 10.9 Å². The SMILES string of the molecule is CCC(F)(F)c1ccc(CN2CCC(NC(=O)c3ccc4c(c3)c3c(n4C)CCC(CCc4ccc(C(C)(F)F)cc4)CC3)CC2)cc1.[HH]. The highest BCUT2D eigenvalue weighted by molar-refractivity contribution is 5.99. The molecule has 0 saturated carbocycles. The molecule has 1 N–H and O–H groups in total. The second kappa shape index (κ2) is 14.1. The first kappa shape index (κ1) is 34.2. The molecule has 1 aliphatic heterocycles. The third-order valence-corrected chi connectivity index (χ3v) is 10.7. The molecule has 48 heavy (non-hydrogen) atoms. The van der Waals surface area contributed by atoms with E-state index in [0.29, 0.717) is 18.0 Å². The molecular formula is C40H49F4N3O. The van der Waals surface area contributed by atoms with Gasteiger partial charge in [0, 0.05) is 80.8 Å². The number of benzene rings is 3. The minimum Gasteiger partial charge on any atom is -0.349 e. The van der Waals surface area contributed by atoms with Crippen molar-refractivity contribution in [3.63, 3.8) is 0 Å². The largest absolute Gasteiger partial charge is 0.349 e. The van der Waals surface area contributed by atoms with E-state index >= 15 is 0 Å². The minimum atomic E-state index is -2.82. The molecule has 0 spiro atoms. The summed E-state index contributed by atoms with van der Waals surface area (Å²) < 4.78 is 57.4. The third kappa shape index (κ3) is 7.64. The van der Waals surface area contributed by atoms with Crippen LogP contribution in [0.1, 0.15) is 97.7 Å². The van der Waals surface area contributed by atoms with E-state index in [9.17, 15) is 22.4 Å². The van der Waals surface area contributed by atoms with Crippen LogP contribution >= 0.6 is 0 Å². The fraction of sp³-hybridized carbons (Fsp3) is 0.475. The first-order valence-electron chi connectivity index (χ1n) is 17.5. The van der Waals surface area contributed by atoms with Crippen LogP contribution in [0.5, 0.6) is 0 Å². The van der Waals surface area contributed by atoms with Crippen molar-refractivity contribution in [2.24, 2.45) is 13.0 Å². The van der Waals surface area contributed by atoms with Gasteiger partial charge in [-0.2, -0.15) is 0 Å². The number of rotatable bonds is 10. The maximum Gasteiger partial charge on any atom is 0.273 e. The molecule has 6 rings (SSSR count). The van der Waals surface area contributed by atoms with Crippen LogP contribution in [0.4, 0.5) is 17.6 Å². The second-order valence-corrected chi connectivity index (χ2v) is 14.1. The first-order valence-corrected chi connectivity index (χ1v) is 17.5. The third-order valence-electron chi connectivity index (χ3n) is 10.7. The van der Waals surface area contributed by atoms with E-state index in [1.165, 1.54) is 30.3 Å². The molecule has 1 aromatic heterocycles. The van der Waals surface area contributed by atoms with Crippen molar-refractivity contribution >= 4 is 16.8 Å². The molecule has 0 bridgehead atoms. The van der Waals surface area contributed by atoms with Crippen LogP contribution in [0.3, 0.4) is 0 Å². The van der Waals surface area contributed by atoms with Crippen LogP contribution in [0.2, 0.25) is 0 Å². The van der Waals surface area contributed by atoms with Gasteiger partial charge in [0.25, 0.3) is 17.8 Å². The summed E-state index contributed by atoms with van der Waals surface area (Å²) >= 11 is 0. The lowest BCUT2D eigenvalue weighted by molar-refractivity contribution is -0.00833. The highest BCUT2D eigenvalue weighted by Crippen LogP contribution is 2.35. The topological polar surface area (TPSA) is 37.3 Å². The summed E-state index contributed by atoms with van der Waals surface area (Å²) in [7, 11) is 2.12. The Labute approximate surface area is 283 Å². The number of amides is 1. The van der Waals surface area contributed by atoms with Gasteiger partial charge in [0.2, 0.25) is 0 Å². The van der Waals surface area contributed by atoms with Crippen molar-refractivity contribution in [2.75, 3.05) is 13.1 Å². The Morgan fingerprint density at radius 3 is 2.19 bits per heavy atom. The Kier molecular flexibility index (Phi) is 10.0. The number of piperidine rings is 1. The van der Waals surface area contributed by atoms with E-state index in [-0.39, 0.29) is 30.9 Å². The van der Waals surface area contributed by atoms with E-state index in [0.717, 1.165) is 93.4 Å². The number of fused-ring (bicyclic) bond motifs is 3. The number of nitrogens with zero attached hydrogens (tertiary/aromatic N) is 2. The highest BCUT2D eigenvalue weighted by atomic mass is 19.3. The van der Waals surface area contributed by atoms with Crippen LogP contribution in [0, 0.1) is 5.92 Å². The molecule has 1 amide bonds. The summed E-state index contributed by atoms with van der Waals surface area (Å²) in [6, 6.07) is 19.6. The quantitative estimate of drug-likeness (QED) is 0.136. The number of halogens is 4. The number of hydrogen-bond acceptors (Lipinski definition) is 2. The number of carbonyl (C=O) groups is 1. The number of carbonyl (C=O) groups excluding carboxylic acids is 1. The van der Waals surface area contributed by atoms with Gasteiger partial charge < -0.3 is 9.88 Å². The maximum absolute atomic E-state index is 14.0. The van der Waals surface area contributed by atoms with Crippen LogP contribution in [-0.4, -0.2) is 34.5 Å². The van der Waals surface area contributed by atoms with Gasteiger partial charge in [0.1, 0.15) is 0 Å². The van der Waals surface area contributed by atoms with Crippen molar-refractivity contribution < 1.29 is 23.8 Å². The maximum atomic E-state index is 14.0. The van der Waals surface area contributed by atoms with Crippen LogP contribution < -0.4 is 5.32 Å². The van der Waals surface area contributed by atoms with Gasteiger partial charge in [0.05, 0.1) is 0 Å². The Bertz CT molecular complexity index is 1720. The van der Waals surface area contributed by atoms with E-state index in [4.69, 9.17) is 0 Å². The number of aryl methyl sites for hydroxylation is 3. The van der Waals surface area contributed by atoms with Gasteiger partial charge in [-0.1, -0.05) is 55.5 Å². The molecule has 1 unspecified atom stereocenters. The summed E-state index contributed by atoms with van der Waals surface area (Å²) in [5.41, 5.74) is 6.77. The predicted octanol–water partition coefficient (Wildman–Crippen LogP) is 9.56. The van der Waals surface area contributed by atoms with Crippen molar-refractivity contribution in [3.05, 3.63) is 106 Å². The zero-order chi connectivity index (χ0) is 34.1.